The highest BCUT2D eigenvalue weighted by atomic mass is 32.2. The summed E-state index contributed by atoms with van der Waals surface area (Å²) in [6.07, 6.45) is 3.81. The third-order valence-electron chi connectivity index (χ3n) is 6.52. The number of aliphatic hydroxyl groups is 1. The molecule has 12 heteroatoms. The SMILES string of the molecule is CC(C)c1noc(N2CCC(Oc3cc(N4CCc5cc(S(=O)(=O)CCO)ccc54)ncn3)CC2)n1. The third kappa shape index (κ3) is 5.00. The average Bonchev–Trinajstić information content (AvgIpc) is 3.52. The molecule has 4 heterocycles. The van der Waals surface area contributed by atoms with Crippen LogP contribution in [0.4, 0.5) is 17.5 Å². The van der Waals surface area contributed by atoms with Crippen LogP contribution in [0.25, 0.3) is 0 Å². The first-order valence-electron chi connectivity index (χ1n) is 12.2. The minimum atomic E-state index is -3.49. The molecule has 0 unspecified atom stereocenters. The fraction of sp³-hybridized carbons (Fsp3) is 0.500. The van der Waals surface area contributed by atoms with E-state index in [1.54, 1.807) is 18.2 Å². The van der Waals surface area contributed by atoms with Crippen LogP contribution in [0.2, 0.25) is 0 Å². The van der Waals surface area contributed by atoms with Gasteiger partial charge in [0.25, 0.3) is 0 Å². The molecule has 192 valence electrons. The van der Waals surface area contributed by atoms with Crippen LogP contribution in [0.1, 0.15) is 44.0 Å². The Labute approximate surface area is 210 Å². The van der Waals surface area contributed by atoms with Gasteiger partial charge in [-0.05, 0) is 30.2 Å². The molecule has 2 aliphatic heterocycles. The van der Waals surface area contributed by atoms with Crippen LogP contribution in [-0.2, 0) is 16.3 Å². The highest BCUT2D eigenvalue weighted by Crippen LogP contribution is 2.36. The Balaban J connectivity index is 1.23. The number of aliphatic hydroxyl groups excluding tert-OH is 1. The molecule has 2 aromatic heterocycles. The van der Waals surface area contributed by atoms with Gasteiger partial charge in [-0.3, -0.25) is 0 Å². The molecule has 0 atom stereocenters. The van der Waals surface area contributed by atoms with Gasteiger partial charge in [-0.25, -0.2) is 18.4 Å². The van der Waals surface area contributed by atoms with Crippen LogP contribution in [-0.4, -0.2) is 71.7 Å². The van der Waals surface area contributed by atoms with E-state index < -0.39 is 16.4 Å². The van der Waals surface area contributed by atoms with Crippen molar-refractivity contribution >= 4 is 27.4 Å². The number of benzene rings is 1. The second kappa shape index (κ2) is 10.0. The lowest BCUT2D eigenvalue weighted by atomic mass is 10.1. The Morgan fingerprint density at radius 3 is 2.69 bits per heavy atom. The molecule has 3 aromatic rings. The van der Waals surface area contributed by atoms with E-state index in [1.165, 1.54) is 6.33 Å². The number of aromatic nitrogens is 4. The molecule has 0 saturated carbocycles. The second-order valence-electron chi connectivity index (χ2n) is 9.34. The van der Waals surface area contributed by atoms with Crippen molar-refractivity contribution in [1.29, 1.82) is 0 Å². The van der Waals surface area contributed by atoms with E-state index in [9.17, 15) is 8.42 Å². The summed E-state index contributed by atoms with van der Waals surface area (Å²) in [6.45, 7) is 5.85. The Kier molecular flexibility index (Phi) is 6.80. The van der Waals surface area contributed by atoms with E-state index in [4.69, 9.17) is 14.4 Å². The Morgan fingerprint density at radius 1 is 1.17 bits per heavy atom. The van der Waals surface area contributed by atoms with Crippen molar-refractivity contribution in [2.45, 2.75) is 50.0 Å². The van der Waals surface area contributed by atoms with Crippen LogP contribution >= 0.6 is 0 Å². The lowest BCUT2D eigenvalue weighted by molar-refractivity contribution is 0.161. The fourth-order valence-electron chi connectivity index (χ4n) is 4.51. The van der Waals surface area contributed by atoms with Crippen molar-refractivity contribution in [2.75, 3.05) is 41.8 Å². The van der Waals surface area contributed by atoms with Crippen molar-refractivity contribution in [2.24, 2.45) is 0 Å². The Hall–Kier alpha value is -3.25. The van der Waals surface area contributed by atoms with Crippen LogP contribution in [0, 0.1) is 0 Å². The molecule has 1 N–H and O–H groups in total. The number of piperidine rings is 1. The maximum Gasteiger partial charge on any atom is 0.324 e. The van der Waals surface area contributed by atoms with Crippen molar-refractivity contribution < 1.29 is 22.8 Å². The molecule has 0 spiro atoms. The molecule has 11 nitrogen and oxygen atoms in total. The first kappa shape index (κ1) is 24.4. The molecular formula is C24H30N6O5S. The summed E-state index contributed by atoms with van der Waals surface area (Å²) in [5.41, 5.74) is 1.85. The van der Waals surface area contributed by atoms with Crippen LogP contribution in [0.15, 0.2) is 40.0 Å². The van der Waals surface area contributed by atoms with Gasteiger partial charge in [-0.15, -0.1) is 0 Å². The summed E-state index contributed by atoms with van der Waals surface area (Å²) in [5.74, 6) is 1.86. The molecule has 0 aliphatic carbocycles. The molecule has 5 rings (SSSR count). The number of nitrogens with zero attached hydrogens (tertiary/aromatic N) is 6. The largest absolute Gasteiger partial charge is 0.474 e. The first-order chi connectivity index (χ1) is 17.3. The summed E-state index contributed by atoms with van der Waals surface area (Å²) >= 11 is 0. The van der Waals surface area contributed by atoms with Crippen LogP contribution < -0.4 is 14.5 Å². The van der Waals surface area contributed by atoms with Gasteiger partial charge in [0.1, 0.15) is 18.2 Å². The topological polar surface area (TPSA) is 135 Å². The fourth-order valence-corrected chi connectivity index (χ4v) is 5.59. The van der Waals surface area contributed by atoms with Crippen molar-refractivity contribution in [3.63, 3.8) is 0 Å². The molecule has 0 amide bonds. The lowest BCUT2D eigenvalue weighted by Gasteiger charge is -2.30. The zero-order valence-electron chi connectivity index (χ0n) is 20.4. The number of rotatable bonds is 8. The maximum atomic E-state index is 12.3. The van der Waals surface area contributed by atoms with Crippen LogP contribution in [0.5, 0.6) is 5.88 Å². The van der Waals surface area contributed by atoms with Gasteiger partial charge < -0.3 is 24.2 Å². The molecule has 1 aromatic carbocycles. The molecule has 1 saturated heterocycles. The van der Waals surface area contributed by atoms with E-state index in [0.717, 1.165) is 37.2 Å². The summed E-state index contributed by atoms with van der Waals surface area (Å²) in [7, 11) is -3.49. The van der Waals surface area contributed by atoms with Gasteiger partial charge in [-0.2, -0.15) is 4.98 Å². The molecule has 2 aliphatic rings. The van der Waals surface area contributed by atoms with Gasteiger partial charge in [0.05, 0.1) is 17.3 Å². The normalized spacial score (nSPS) is 16.6. The maximum absolute atomic E-state index is 12.3. The molecule has 1 fully saturated rings. The average molecular weight is 515 g/mol. The standard InChI is InChI=1S/C24H30N6O5S/c1-16(2)23-27-24(35-28-23)29-8-6-18(7-9-29)34-22-14-21(25-15-26-22)30-10-5-17-13-19(3-4-20(17)30)36(32,33)12-11-31/h3-4,13-16,18,31H,5-12H2,1-2H3. The summed E-state index contributed by atoms with van der Waals surface area (Å²) in [4.78, 5) is 17.6. The second-order valence-corrected chi connectivity index (χ2v) is 11.5. The monoisotopic (exact) mass is 514 g/mol. The van der Waals surface area contributed by atoms with Crippen molar-refractivity contribution in [3.8, 4) is 5.88 Å². The van der Waals surface area contributed by atoms with Crippen molar-refractivity contribution in [1.82, 2.24) is 20.1 Å². The number of ether oxygens (including phenoxy) is 1. The minimum Gasteiger partial charge on any atom is -0.474 e. The highest BCUT2D eigenvalue weighted by molar-refractivity contribution is 7.91. The predicted molar refractivity (Wildman–Crippen MR) is 133 cm³/mol. The lowest BCUT2D eigenvalue weighted by Crippen LogP contribution is -2.38. The number of fused-ring (bicyclic) bond motifs is 1. The first-order valence-corrected chi connectivity index (χ1v) is 13.8. The molecule has 0 bridgehead atoms. The van der Waals surface area contributed by atoms with E-state index in [1.807, 2.05) is 24.8 Å². The predicted octanol–water partition coefficient (Wildman–Crippen LogP) is 2.49. The van der Waals surface area contributed by atoms with Gasteiger partial charge in [-0.1, -0.05) is 19.0 Å². The van der Waals surface area contributed by atoms with Crippen LogP contribution in [0.3, 0.4) is 0 Å². The Bertz CT molecular complexity index is 1320. The van der Waals surface area contributed by atoms with E-state index >= 15 is 0 Å². The van der Waals surface area contributed by atoms with E-state index in [-0.39, 0.29) is 22.7 Å². The molecular weight excluding hydrogens is 484 g/mol. The minimum absolute atomic E-state index is 0.0154. The smallest absolute Gasteiger partial charge is 0.324 e. The third-order valence-corrected chi connectivity index (χ3v) is 8.21. The van der Waals surface area contributed by atoms with Crippen molar-refractivity contribution in [3.05, 3.63) is 42.0 Å². The zero-order valence-corrected chi connectivity index (χ0v) is 21.2. The van der Waals surface area contributed by atoms with Gasteiger partial charge in [0.15, 0.2) is 15.7 Å². The van der Waals surface area contributed by atoms with Gasteiger partial charge in [0.2, 0.25) is 5.88 Å². The number of hydrogen-bond acceptors (Lipinski definition) is 11. The summed E-state index contributed by atoms with van der Waals surface area (Å²) in [5, 5.41) is 13.1. The summed E-state index contributed by atoms with van der Waals surface area (Å²) < 4.78 is 36.2. The number of sulfone groups is 1. The van der Waals surface area contributed by atoms with E-state index in [2.05, 4.69) is 25.0 Å². The Morgan fingerprint density at radius 2 is 1.97 bits per heavy atom. The molecule has 36 heavy (non-hydrogen) atoms. The van der Waals surface area contributed by atoms with E-state index in [0.29, 0.717) is 36.5 Å². The molecule has 0 radical (unpaired) electrons. The number of hydrogen-bond donors (Lipinski definition) is 1. The summed E-state index contributed by atoms with van der Waals surface area (Å²) in [6, 6.07) is 7.46. The zero-order chi connectivity index (χ0) is 25.3. The van der Waals surface area contributed by atoms with Gasteiger partial charge in [0, 0.05) is 50.1 Å². The number of anilines is 3. The quantitative estimate of drug-likeness (QED) is 0.475. The highest BCUT2D eigenvalue weighted by Gasteiger charge is 2.27. The van der Waals surface area contributed by atoms with Gasteiger partial charge >= 0.3 is 6.01 Å².